The summed E-state index contributed by atoms with van der Waals surface area (Å²) in [5, 5.41) is 3.44. The highest BCUT2D eigenvalue weighted by Crippen LogP contribution is 2.42. The first-order chi connectivity index (χ1) is 20.9. The number of halogens is 2. The lowest BCUT2D eigenvalue weighted by atomic mass is 9.90. The van der Waals surface area contributed by atoms with Crippen LogP contribution >= 0.6 is 23.4 Å². The summed E-state index contributed by atoms with van der Waals surface area (Å²) in [7, 11) is 0. The largest absolute Gasteiger partial charge is 0.351 e. The summed E-state index contributed by atoms with van der Waals surface area (Å²) < 4.78 is 14.1. The van der Waals surface area contributed by atoms with Gasteiger partial charge in [0.1, 0.15) is 5.82 Å². The Morgan fingerprint density at radius 3 is 2.51 bits per heavy atom. The van der Waals surface area contributed by atoms with Crippen molar-refractivity contribution in [3.63, 3.8) is 0 Å². The van der Waals surface area contributed by atoms with Gasteiger partial charge in [-0.1, -0.05) is 65.8 Å². The predicted octanol–water partition coefficient (Wildman–Crippen LogP) is 7.48. The van der Waals surface area contributed by atoms with Crippen LogP contribution in [-0.4, -0.2) is 42.9 Å². The van der Waals surface area contributed by atoms with Crippen molar-refractivity contribution in [2.24, 2.45) is 5.92 Å². The Bertz CT molecular complexity index is 1620. The minimum absolute atomic E-state index is 0.0720. The number of hydrogen-bond donors (Lipinski definition) is 1. The topological polar surface area (TPSA) is 52.7 Å². The van der Waals surface area contributed by atoms with Gasteiger partial charge in [0.15, 0.2) is 0 Å². The maximum atomic E-state index is 14.1. The van der Waals surface area contributed by atoms with Crippen molar-refractivity contribution < 1.29 is 14.0 Å². The van der Waals surface area contributed by atoms with Crippen LogP contribution in [0.3, 0.4) is 0 Å². The number of rotatable bonds is 8. The van der Waals surface area contributed by atoms with Gasteiger partial charge in [-0.25, -0.2) is 4.39 Å². The molecule has 4 aromatic carbocycles. The zero-order valence-electron chi connectivity index (χ0n) is 23.8. The van der Waals surface area contributed by atoms with E-state index < -0.39 is 5.82 Å². The SMILES string of the molecule is O=C(NCCN1CCC(Cc2ccccc2)CC1)c1ccc2c(c1)N(Cc1cc(F)ccc1Cl)C(=O)c1ccccc1S2. The lowest BCUT2D eigenvalue weighted by Crippen LogP contribution is -2.40. The maximum Gasteiger partial charge on any atom is 0.259 e. The van der Waals surface area contributed by atoms with Crippen LogP contribution in [0.15, 0.2) is 101 Å². The minimum Gasteiger partial charge on any atom is -0.351 e. The van der Waals surface area contributed by atoms with E-state index >= 15 is 0 Å². The first kappa shape index (κ1) is 29.4. The number of likely N-dealkylation sites (tertiary alicyclic amines) is 1. The van der Waals surface area contributed by atoms with Crippen molar-refractivity contribution in [1.29, 1.82) is 0 Å². The van der Waals surface area contributed by atoms with E-state index in [1.807, 2.05) is 24.3 Å². The van der Waals surface area contributed by atoms with E-state index in [4.69, 9.17) is 11.6 Å². The molecule has 2 aliphatic rings. The van der Waals surface area contributed by atoms with Crippen molar-refractivity contribution in [1.82, 2.24) is 10.2 Å². The third-order valence-electron chi connectivity index (χ3n) is 8.22. The highest BCUT2D eigenvalue weighted by molar-refractivity contribution is 7.99. The van der Waals surface area contributed by atoms with Crippen LogP contribution in [0.2, 0.25) is 5.02 Å². The van der Waals surface area contributed by atoms with E-state index in [9.17, 15) is 14.0 Å². The molecule has 0 bridgehead atoms. The summed E-state index contributed by atoms with van der Waals surface area (Å²) in [6.07, 6.45) is 3.44. The van der Waals surface area contributed by atoms with Gasteiger partial charge in [0.2, 0.25) is 0 Å². The minimum atomic E-state index is -0.426. The fourth-order valence-electron chi connectivity index (χ4n) is 5.84. The van der Waals surface area contributed by atoms with Crippen molar-refractivity contribution in [2.75, 3.05) is 31.1 Å². The maximum absolute atomic E-state index is 14.1. The average molecular weight is 614 g/mol. The molecule has 0 spiro atoms. The van der Waals surface area contributed by atoms with Gasteiger partial charge in [-0.05, 0) is 97.9 Å². The first-order valence-electron chi connectivity index (χ1n) is 14.7. The Balaban J connectivity index is 1.13. The molecule has 8 heteroatoms. The van der Waals surface area contributed by atoms with Crippen LogP contribution < -0.4 is 10.2 Å². The van der Waals surface area contributed by atoms with Gasteiger partial charge in [-0.15, -0.1) is 0 Å². The smallest absolute Gasteiger partial charge is 0.259 e. The van der Waals surface area contributed by atoms with Crippen molar-refractivity contribution in [2.45, 2.75) is 35.6 Å². The van der Waals surface area contributed by atoms with Crippen LogP contribution in [0.5, 0.6) is 0 Å². The third-order valence-corrected chi connectivity index (χ3v) is 9.73. The van der Waals surface area contributed by atoms with Gasteiger partial charge in [0, 0.05) is 33.5 Å². The van der Waals surface area contributed by atoms with E-state index in [0.29, 0.717) is 39.9 Å². The molecule has 1 saturated heterocycles. The molecule has 0 radical (unpaired) electrons. The fourth-order valence-corrected chi connectivity index (χ4v) is 7.08. The van der Waals surface area contributed by atoms with Crippen LogP contribution in [0.25, 0.3) is 0 Å². The molecule has 2 heterocycles. The zero-order chi connectivity index (χ0) is 29.8. The number of fused-ring (bicyclic) bond motifs is 2. The second-order valence-electron chi connectivity index (χ2n) is 11.1. The normalized spacial score (nSPS) is 15.5. The van der Waals surface area contributed by atoms with E-state index in [0.717, 1.165) is 48.7 Å². The van der Waals surface area contributed by atoms with Gasteiger partial charge in [-0.2, -0.15) is 0 Å². The van der Waals surface area contributed by atoms with Gasteiger partial charge in [0.05, 0.1) is 17.8 Å². The number of carbonyl (C=O) groups is 2. The average Bonchev–Trinajstić information content (AvgIpc) is 3.14. The molecule has 1 fully saturated rings. The summed E-state index contributed by atoms with van der Waals surface area (Å²) in [5.74, 6) is -0.143. The molecule has 1 N–H and O–H groups in total. The molecule has 220 valence electrons. The van der Waals surface area contributed by atoms with E-state index in [1.165, 1.54) is 35.5 Å². The van der Waals surface area contributed by atoms with Crippen LogP contribution in [0.1, 0.15) is 44.7 Å². The molecule has 6 rings (SSSR count). The molecule has 4 aromatic rings. The van der Waals surface area contributed by atoms with Crippen LogP contribution in [0, 0.1) is 11.7 Å². The summed E-state index contributed by atoms with van der Waals surface area (Å²) >= 11 is 7.88. The summed E-state index contributed by atoms with van der Waals surface area (Å²) in [6, 6.07) is 27.6. The van der Waals surface area contributed by atoms with E-state index in [-0.39, 0.29) is 18.4 Å². The molecule has 0 aromatic heterocycles. The lowest BCUT2D eigenvalue weighted by molar-refractivity contribution is 0.0941. The standard InChI is InChI=1S/C35H33ClFN3O2S/c36-30-12-11-28(37)21-27(30)23-40-31-22-26(10-13-33(31)43-32-9-5-4-8-29(32)35(40)42)34(41)38-16-19-39-17-14-25(15-18-39)20-24-6-2-1-3-7-24/h1-13,21-22,25H,14-20,23H2,(H,38,41). The van der Waals surface area contributed by atoms with Crippen LogP contribution in [-0.2, 0) is 13.0 Å². The number of piperidine rings is 1. The van der Waals surface area contributed by atoms with Crippen molar-refractivity contribution in [3.8, 4) is 0 Å². The molecular formula is C35H33ClFN3O2S. The molecular weight excluding hydrogens is 581 g/mol. The highest BCUT2D eigenvalue weighted by Gasteiger charge is 2.29. The van der Waals surface area contributed by atoms with Gasteiger partial charge in [-0.3, -0.25) is 9.59 Å². The summed E-state index contributed by atoms with van der Waals surface area (Å²) in [4.78, 5) is 32.8. The molecule has 2 aliphatic heterocycles. The first-order valence-corrected chi connectivity index (χ1v) is 15.9. The predicted molar refractivity (Wildman–Crippen MR) is 171 cm³/mol. The molecule has 0 unspecified atom stereocenters. The lowest BCUT2D eigenvalue weighted by Gasteiger charge is -2.32. The van der Waals surface area contributed by atoms with Crippen molar-refractivity contribution in [3.05, 3.63) is 124 Å². The van der Waals surface area contributed by atoms with E-state index in [2.05, 4.69) is 40.5 Å². The fraction of sp³-hybridized carbons (Fsp3) is 0.257. The summed E-state index contributed by atoms with van der Waals surface area (Å²) in [5.41, 5.74) is 3.51. The third kappa shape index (κ3) is 6.96. The molecule has 0 aliphatic carbocycles. The van der Waals surface area contributed by atoms with Gasteiger partial charge in [0.25, 0.3) is 11.8 Å². The zero-order valence-corrected chi connectivity index (χ0v) is 25.3. The van der Waals surface area contributed by atoms with Crippen molar-refractivity contribution >= 4 is 40.9 Å². The Hall–Kier alpha value is -3.65. The molecule has 5 nitrogen and oxygen atoms in total. The number of nitrogens with one attached hydrogen (secondary N) is 1. The highest BCUT2D eigenvalue weighted by atomic mass is 35.5. The Kier molecular flexibility index (Phi) is 9.12. The van der Waals surface area contributed by atoms with Gasteiger partial charge < -0.3 is 15.1 Å². The molecule has 2 amide bonds. The Morgan fingerprint density at radius 1 is 0.930 bits per heavy atom. The molecule has 0 atom stereocenters. The van der Waals surface area contributed by atoms with E-state index in [1.54, 1.807) is 23.1 Å². The quantitative estimate of drug-likeness (QED) is 0.224. The Morgan fingerprint density at radius 2 is 1.70 bits per heavy atom. The number of carbonyl (C=O) groups excluding carboxylic acids is 2. The number of nitrogens with zero attached hydrogens (tertiary/aromatic N) is 2. The molecule has 43 heavy (non-hydrogen) atoms. The monoisotopic (exact) mass is 613 g/mol. The number of hydrogen-bond acceptors (Lipinski definition) is 4. The summed E-state index contributed by atoms with van der Waals surface area (Å²) in [6.45, 7) is 3.47. The van der Waals surface area contributed by atoms with Crippen LogP contribution in [0.4, 0.5) is 10.1 Å². The number of benzene rings is 4. The second-order valence-corrected chi connectivity index (χ2v) is 12.6. The Labute approximate surface area is 261 Å². The number of amides is 2. The number of anilines is 1. The van der Waals surface area contributed by atoms with Gasteiger partial charge >= 0.3 is 0 Å². The molecule has 0 saturated carbocycles. The second kappa shape index (κ2) is 13.3.